The van der Waals surface area contributed by atoms with E-state index in [-0.39, 0.29) is 11.9 Å². The Morgan fingerprint density at radius 2 is 1.84 bits per heavy atom. The third-order valence-electron chi connectivity index (χ3n) is 3.20. The van der Waals surface area contributed by atoms with E-state index in [0.717, 1.165) is 11.4 Å². The molecule has 0 bridgehead atoms. The Labute approximate surface area is 114 Å². The molecule has 3 amide bonds. The zero-order valence-electron chi connectivity index (χ0n) is 11.9. The first-order chi connectivity index (χ1) is 8.93. The van der Waals surface area contributed by atoms with E-state index in [9.17, 15) is 9.59 Å². The fourth-order valence-corrected chi connectivity index (χ4v) is 1.69. The molecule has 0 heterocycles. The summed E-state index contributed by atoms with van der Waals surface area (Å²) in [5, 5.41) is 4.66. The first-order valence-corrected chi connectivity index (χ1v) is 6.34. The summed E-state index contributed by atoms with van der Waals surface area (Å²) in [5.74, 6) is -0.274. The molecule has 104 valence electrons. The number of nitrogens with one attached hydrogen (secondary N) is 3. The Morgan fingerprint density at radius 1 is 1.26 bits per heavy atom. The third kappa shape index (κ3) is 4.71. The highest BCUT2D eigenvalue weighted by Gasteiger charge is 2.23. The number of likely N-dealkylation sites (N-methyl/N-ethyl adjacent to an activating group) is 1. The van der Waals surface area contributed by atoms with Gasteiger partial charge in [-0.2, -0.15) is 0 Å². The zero-order valence-corrected chi connectivity index (χ0v) is 11.9. The SMILES string of the molecule is CNC(=O)NC(=O)[C@@H](C)[NH+](C)Cc1ccc(C)cc1. The molecule has 3 N–H and O–H groups in total. The average Bonchev–Trinajstić information content (AvgIpc) is 2.40. The van der Waals surface area contributed by atoms with Gasteiger partial charge in [-0.3, -0.25) is 10.1 Å². The van der Waals surface area contributed by atoms with Crippen molar-refractivity contribution in [2.45, 2.75) is 26.4 Å². The number of benzene rings is 1. The van der Waals surface area contributed by atoms with E-state index in [2.05, 4.69) is 34.9 Å². The average molecular weight is 264 g/mol. The van der Waals surface area contributed by atoms with Crippen molar-refractivity contribution in [3.63, 3.8) is 0 Å². The van der Waals surface area contributed by atoms with Gasteiger partial charge in [0, 0.05) is 12.6 Å². The monoisotopic (exact) mass is 264 g/mol. The maximum absolute atomic E-state index is 11.8. The van der Waals surface area contributed by atoms with Crippen LogP contribution in [0.15, 0.2) is 24.3 Å². The van der Waals surface area contributed by atoms with Gasteiger partial charge in [-0.25, -0.2) is 4.79 Å². The summed E-state index contributed by atoms with van der Waals surface area (Å²) in [6.07, 6.45) is 0. The number of aryl methyl sites for hydroxylation is 1. The van der Waals surface area contributed by atoms with Crippen LogP contribution in [0.3, 0.4) is 0 Å². The van der Waals surface area contributed by atoms with Crippen LogP contribution in [0, 0.1) is 6.92 Å². The van der Waals surface area contributed by atoms with Crippen molar-refractivity contribution in [3.05, 3.63) is 35.4 Å². The summed E-state index contributed by atoms with van der Waals surface area (Å²) < 4.78 is 0. The van der Waals surface area contributed by atoms with Gasteiger partial charge < -0.3 is 10.2 Å². The Kier molecular flexibility index (Phi) is 5.51. The van der Waals surface area contributed by atoms with Crippen molar-refractivity contribution >= 4 is 11.9 Å². The van der Waals surface area contributed by atoms with E-state index in [4.69, 9.17) is 0 Å². The molecule has 0 saturated carbocycles. The number of quaternary nitrogens is 1. The molecule has 1 unspecified atom stereocenters. The number of amides is 3. The largest absolute Gasteiger partial charge is 0.341 e. The molecule has 0 aliphatic carbocycles. The van der Waals surface area contributed by atoms with Gasteiger partial charge in [-0.05, 0) is 13.8 Å². The van der Waals surface area contributed by atoms with Crippen LogP contribution in [0.25, 0.3) is 0 Å². The Bertz CT molecular complexity index is 443. The lowest BCUT2D eigenvalue weighted by Gasteiger charge is -2.20. The van der Waals surface area contributed by atoms with Crippen LogP contribution < -0.4 is 15.5 Å². The number of hydrogen-bond donors (Lipinski definition) is 3. The third-order valence-corrected chi connectivity index (χ3v) is 3.20. The molecule has 1 aromatic rings. The maximum atomic E-state index is 11.8. The van der Waals surface area contributed by atoms with Crippen LogP contribution in [0.5, 0.6) is 0 Å². The molecule has 5 heteroatoms. The molecule has 1 aromatic carbocycles. The van der Waals surface area contributed by atoms with Crippen LogP contribution in [0.1, 0.15) is 18.1 Å². The molecule has 0 spiro atoms. The lowest BCUT2D eigenvalue weighted by Crippen LogP contribution is -3.12. The Morgan fingerprint density at radius 3 is 2.37 bits per heavy atom. The molecule has 0 saturated heterocycles. The standard InChI is InChI=1S/C14H21N3O2/c1-10-5-7-12(8-6-10)9-17(4)11(2)13(18)16-14(19)15-3/h5-8,11H,9H2,1-4H3,(H2,15,16,18,19)/p+1/t11-/m1/s1. The number of hydrogen-bond acceptors (Lipinski definition) is 2. The van der Waals surface area contributed by atoms with Crippen LogP contribution in [0.2, 0.25) is 0 Å². The molecule has 19 heavy (non-hydrogen) atoms. The number of rotatable bonds is 4. The molecular formula is C14H22N3O2+. The van der Waals surface area contributed by atoms with Crippen LogP contribution in [-0.2, 0) is 11.3 Å². The number of carbonyl (C=O) groups excluding carboxylic acids is 2. The van der Waals surface area contributed by atoms with E-state index in [1.165, 1.54) is 18.2 Å². The molecule has 0 radical (unpaired) electrons. The van der Waals surface area contributed by atoms with E-state index in [1.54, 1.807) is 0 Å². The molecule has 0 fully saturated rings. The quantitative estimate of drug-likeness (QED) is 0.708. The van der Waals surface area contributed by atoms with Crippen molar-refractivity contribution in [1.29, 1.82) is 0 Å². The second-order valence-electron chi connectivity index (χ2n) is 4.80. The molecular weight excluding hydrogens is 242 g/mol. The van der Waals surface area contributed by atoms with Gasteiger partial charge in [0.05, 0.1) is 7.05 Å². The minimum absolute atomic E-state index is 0.274. The van der Waals surface area contributed by atoms with Gasteiger partial charge in [0.25, 0.3) is 5.91 Å². The first kappa shape index (κ1) is 15.2. The molecule has 1 rings (SSSR count). The first-order valence-electron chi connectivity index (χ1n) is 6.34. The molecule has 0 aliphatic rings. The summed E-state index contributed by atoms with van der Waals surface area (Å²) in [5.41, 5.74) is 2.38. The predicted molar refractivity (Wildman–Crippen MR) is 73.8 cm³/mol. The molecule has 5 nitrogen and oxygen atoms in total. The van der Waals surface area contributed by atoms with Gasteiger partial charge in [0.1, 0.15) is 6.54 Å². The van der Waals surface area contributed by atoms with Crippen molar-refractivity contribution in [1.82, 2.24) is 10.6 Å². The van der Waals surface area contributed by atoms with Gasteiger partial charge in [0.15, 0.2) is 6.04 Å². The Balaban J connectivity index is 2.56. The number of carbonyl (C=O) groups is 2. The van der Waals surface area contributed by atoms with Crippen molar-refractivity contribution in [2.24, 2.45) is 0 Å². The normalized spacial score (nSPS) is 13.5. The topological polar surface area (TPSA) is 62.6 Å². The fraction of sp³-hybridized carbons (Fsp3) is 0.429. The van der Waals surface area contributed by atoms with Crippen LogP contribution >= 0.6 is 0 Å². The summed E-state index contributed by atoms with van der Waals surface area (Å²) in [7, 11) is 3.42. The highest BCUT2D eigenvalue weighted by atomic mass is 16.2. The summed E-state index contributed by atoms with van der Waals surface area (Å²) >= 11 is 0. The lowest BCUT2D eigenvalue weighted by atomic mass is 10.1. The van der Waals surface area contributed by atoms with E-state index >= 15 is 0 Å². The summed E-state index contributed by atoms with van der Waals surface area (Å²) in [4.78, 5) is 23.9. The van der Waals surface area contributed by atoms with Crippen molar-refractivity contribution in [3.8, 4) is 0 Å². The Hall–Kier alpha value is -1.88. The molecule has 2 atom stereocenters. The second-order valence-corrected chi connectivity index (χ2v) is 4.80. The van der Waals surface area contributed by atoms with E-state index < -0.39 is 6.03 Å². The van der Waals surface area contributed by atoms with Gasteiger partial charge >= 0.3 is 6.03 Å². The molecule has 0 aromatic heterocycles. The van der Waals surface area contributed by atoms with E-state index in [0.29, 0.717) is 0 Å². The number of urea groups is 1. The minimum Gasteiger partial charge on any atom is -0.341 e. The number of imide groups is 1. The van der Waals surface area contributed by atoms with Crippen molar-refractivity contribution in [2.75, 3.05) is 14.1 Å². The van der Waals surface area contributed by atoms with E-state index in [1.807, 2.05) is 20.9 Å². The fourth-order valence-electron chi connectivity index (χ4n) is 1.69. The minimum atomic E-state index is -0.472. The van der Waals surface area contributed by atoms with Gasteiger partial charge in [-0.1, -0.05) is 29.8 Å². The second kappa shape index (κ2) is 6.89. The van der Waals surface area contributed by atoms with Crippen LogP contribution in [0.4, 0.5) is 4.79 Å². The summed E-state index contributed by atoms with van der Waals surface area (Å²) in [6, 6.07) is 7.46. The van der Waals surface area contributed by atoms with Crippen LogP contribution in [-0.4, -0.2) is 32.1 Å². The van der Waals surface area contributed by atoms with Gasteiger partial charge in [-0.15, -0.1) is 0 Å². The van der Waals surface area contributed by atoms with Crippen molar-refractivity contribution < 1.29 is 14.5 Å². The highest BCUT2D eigenvalue weighted by molar-refractivity contribution is 5.96. The zero-order chi connectivity index (χ0) is 14.4. The lowest BCUT2D eigenvalue weighted by molar-refractivity contribution is -0.908. The maximum Gasteiger partial charge on any atom is 0.321 e. The summed E-state index contributed by atoms with van der Waals surface area (Å²) in [6.45, 7) is 4.59. The van der Waals surface area contributed by atoms with Gasteiger partial charge in [0.2, 0.25) is 0 Å². The highest BCUT2D eigenvalue weighted by Crippen LogP contribution is 2.01. The predicted octanol–water partition coefficient (Wildman–Crippen LogP) is -0.146. The molecule has 0 aliphatic heterocycles. The smallest absolute Gasteiger partial charge is 0.321 e.